The third-order valence-corrected chi connectivity index (χ3v) is 2.83. The number of benzene rings is 1. The Labute approximate surface area is 116 Å². The lowest BCUT2D eigenvalue weighted by molar-refractivity contribution is -0.139. The number of carboxylic acids is 1. The van der Waals surface area contributed by atoms with Gasteiger partial charge in [-0.3, -0.25) is 0 Å². The molecule has 1 aliphatic carbocycles. The molecule has 0 aliphatic heterocycles. The van der Waals surface area contributed by atoms with Gasteiger partial charge in [0.25, 0.3) is 0 Å². The number of carbonyl (C=O) groups excluding carboxylic acids is 1. The largest absolute Gasteiger partial charge is 0.480 e. The number of rotatable bonds is 5. The number of aliphatic carboxylic acids is 1. The van der Waals surface area contributed by atoms with Crippen molar-refractivity contribution in [2.75, 3.05) is 11.9 Å². The van der Waals surface area contributed by atoms with Crippen LogP contribution in [0.1, 0.15) is 12.8 Å². The summed E-state index contributed by atoms with van der Waals surface area (Å²) >= 11 is 0. The standard InChI is InChI=1S/C14H16N2O4/c17-13(18)9-20-12-8-4-3-7-11(12)16-14(19)15-10-5-1-2-6-10/h1-4,7-8,10H,5-6,9H2,(H,17,18)(H2,15,16,19). The summed E-state index contributed by atoms with van der Waals surface area (Å²) in [7, 11) is 0. The Bertz CT molecular complexity index is 520. The number of hydrogen-bond acceptors (Lipinski definition) is 3. The van der Waals surface area contributed by atoms with Gasteiger partial charge in [0, 0.05) is 6.04 Å². The van der Waals surface area contributed by atoms with E-state index in [4.69, 9.17) is 9.84 Å². The molecule has 0 spiro atoms. The Kier molecular flexibility index (Phi) is 4.60. The first-order valence-electron chi connectivity index (χ1n) is 6.31. The van der Waals surface area contributed by atoms with Gasteiger partial charge in [0.15, 0.2) is 6.61 Å². The van der Waals surface area contributed by atoms with E-state index in [2.05, 4.69) is 10.6 Å². The van der Waals surface area contributed by atoms with Crippen LogP contribution in [0.15, 0.2) is 36.4 Å². The van der Waals surface area contributed by atoms with Crippen LogP contribution in [0.5, 0.6) is 5.75 Å². The summed E-state index contributed by atoms with van der Waals surface area (Å²) in [5, 5.41) is 14.1. The van der Waals surface area contributed by atoms with Crippen molar-refractivity contribution < 1.29 is 19.4 Å². The normalized spacial score (nSPS) is 14.0. The van der Waals surface area contributed by atoms with Gasteiger partial charge < -0.3 is 20.5 Å². The lowest BCUT2D eigenvalue weighted by atomic mass is 10.2. The maximum Gasteiger partial charge on any atom is 0.341 e. The second-order valence-electron chi connectivity index (χ2n) is 4.42. The Morgan fingerprint density at radius 2 is 1.95 bits per heavy atom. The van der Waals surface area contributed by atoms with Crippen molar-refractivity contribution in [3.05, 3.63) is 36.4 Å². The van der Waals surface area contributed by atoms with Crippen molar-refractivity contribution in [3.8, 4) is 5.75 Å². The van der Waals surface area contributed by atoms with Crippen molar-refractivity contribution in [2.45, 2.75) is 18.9 Å². The van der Waals surface area contributed by atoms with E-state index in [1.807, 2.05) is 12.2 Å². The molecule has 1 aliphatic rings. The van der Waals surface area contributed by atoms with Crippen LogP contribution < -0.4 is 15.4 Å². The van der Waals surface area contributed by atoms with Gasteiger partial charge in [-0.15, -0.1) is 0 Å². The summed E-state index contributed by atoms with van der Waals surface area (Å²) in [6.45, 7) is -0.452. The van der Waals surface area contributed by atoms with Gasteiger partial charge in [-0.1, -0.05) is 24.3 Å². The summed E-state index contributed by atoms with van der Waals surface area (Å²) < 4.78 is 5.12. The predicted molar refractivity (Wildman–Crippen MR) is 73.9 cm³/mol. The molecule has 0 fully saturated rings. The fourth-order valence-corrected chi connectivity index (χ4v) is 1.91. The summed E-state index contributed by atoms with van der Waals surface area (Å²) in [5.74, 6) is -0.740. The summed E-state index contributed by atoms with van der Waals surface area (Å²) in [5.41, 5.74) is 0.442. The number of carboxylic acid groups (broad SMARTS) is 1. The average molecular weight is 276 g/mol. The third kappa shape index (κ3) is 4.01. The molecule has 0 saturated carbocycles. The quantitative estimate of drug-likeness (QED) is 0.718. The van der Waals surface area contributed by atoms with E-state index in [0.29, 0.717) is 11.4 Å². The number of nitrogens with one attached hydrogen (secondary N) is 2. The Morgan fingerprint density at radius 3 is 2.65 bits per heavy atom. The SMILES string of the molecule is O=C(O)COc1ccccc1NC(=O)NC1CC=CC1. The van der Waals surface area contributed by atoms with Crippen LogP contribution in [0.2, 0.25) is 0 Å². The summed E-state index contributed by atoms with van der Waals surface area (Å²) in [4.78, 5) is 22.3. The topological polar surface area (TPSA) is 87.7 Å². The van der Waals surface area contributed by atoms with Crippen LogP contribution in [0, 0.1) is 0 Å². The molecule has 106 valence electrons. The molecule has 0 radical (unpaired) electrons. The zero-order valence-electron chi connectivity index (χ0n) is 10.8. The van der Waals surface area contributed by atoms with Gasteiger partial charge in [-0.25, -0.2) is 9.59 Å². The summed E-state index contributed by atoms with van der Waals surface area (Å²) in [6, 6.07) is 6.49. The van der Waals surface area contributed by atoms with E-state index in [9.17, 15) is 9.59 Å². The molecule has 0 unspecified atom stereocenters. The average Bonchev–Trinajstić information content (AvgIpc) is 2.90. The van der Waals surface area contributed by atoms with E-state index < -0.39 is 12.6 Å². The molecule has 1 aromatic carbocycles. The number of ether oxygens (including phenoxy) is 1. The number of carbonyl (C=O) groups is 2. The third-order valence-electron chi connectivity index (χ3n) is 2.83. The van der Waals surface area contributed by atoms with Gasteiger partial charge in [0.2, 0.25) is 0 Å². The van der Waals surface area contributed by atoms with E-state index in [1.165, 1.54) is 0 Å². The van der Waals surface area contributed by atoms with E-state index in [-0.39, 0.29) is 12.1 Å². The maximum absolute atomic E-state index is 11.8. The van der Waals surface area contributed by atoms with Crippen molar-refractivity contribution in [1.29, 1.82) is 0 Å². The van der Waals surface area contributed by atoms with Gasteiger partial charge in [-0.2, -0.15) is 0 Å². The fourth-order valence-electron chi connectivity index (χ4n) is 1.91. The molecule has 6 heteroatoms. The monoisotopic (exact) mass is 276 g/mol. The molecule has 3 N–H and O–H groups in total. The van der Waals surface area contributed by atoms with E-state index in [0.717, 1.165) is 12.8 Å². The highest BCUT2D eigenvalue weighted by molar-refractivity contribution is 5.91. The highest BCUT2D eigenvalue weighted by atomic mass is 16.5. The molecule has 0 saturated heterocycles. The Balaban J connectivity index is 1.93. The van der Waals surface area contributed by atoms with Gasteiger partial charge in [0.05, 0.1) is 5.69 Å². The van der Waals surface area contributed by atoms with Crippen molar-refractivity contribution in [3.63, 3.8) is 0 Å². The van der Waals surface area contributed by atoms with E-state index >= 15 is 0 Å². The van der Waals surface area contributed by atoms with Crippen molar-refractivity contribution in [2.24, 2.45) is 0 Å². The Morgan fingerprint density at radius 1 is 1.25 bits per heavy atom. The van der Waals surface area contributed by atoms with Gasteiger partial charge >= 0.3 is 12.0 Å². The van der Waals surface area contributed by atoms with Gasteiger partial charge in [-0.05, 0) is 25.0 Å². The van der Waals surface area contributed by atoms with Gasteiger partial charge in [0.1, 0.15) is 5.75 Å². The molecule has 0 bridgehead atoms. The van der Waals surface area contributed by atoms with Crippen LogP contribution in [0.4, 0.5) is 10.5 Å². The number of para-hydroxylation sites is 2. The van der Waals surface area contributed by atoms with Crippen molar-refractivity contribution in [1.82, 2.24) is 5.32 Å². The maximum atomic E-state index is 11.8. The first kappa shape index (κ1) is 13.9. The number of hydrogen-bond donors (Lipinski definition) is 3. The lowest BCUT2D eigenvalue weighted by Gasteiger charge is -2.15. The number of urea groups is 1. The first-order valence-corrected chi connectivity index (χ1v) is 6.31. The minimum atomic E-state index is -1.07. The highest BCUT2D eigenvalue weighted by Crippen LogP contribution is 2.23. The lowest BCUT2D eigenvalue weighted by Crippen LogP contribution is -2.36. The van der Waals surface area contributed by atoms with Crippen molar-refractivity contribution >= 4 is 17.7 Å². The minimum Gasteiger partial charge on any atom is -0.480 e. The van der Waals surface area contributed by atoms with Crippen LogP contribution in [-0.2, 0) is 4.79 Å². The minimum absolute atomic E-state index is 0.113. The molecular weight excluding hydrogens is 260 g/mol. The molecule has 6 nitrogen and oxygen atoms in total. The number of anilines is 1. The van der Waals surface area contributed by atoms with Crippen LogP contribution in [-0.4, -0.2) is 29.8 Å². The molecule has 1 aromatic rings. The molecule has 20 heavy (non-hydrogen) atoms. The summed E-state index contributed by atoms with van der Waals surface area (Å²) in [6.07, 6.45) is 5.69. The smallest absolute Gasteiger partial charge is 0.341 e. The number of amides is 2. The Hall–Kier alpha value is -2.50. The van der Waals surface area contributed by atoms with Crippen LogP contribution >= 0.6 is 0 Å². The van der Waals surface area contributed by atoms with E-state index in [1.54, 1.807) is 24.3 Å². The zero-order chi connectivity index (χ0) is 14.4. The van der Waals surface area contributed by atoms with Crippen LogP contribution in [0.25, 0.3) is 0 Å². The first-order chi connectivity index (χ1) is 9.65. The zero-order valence-corrected chi connectivity index (χ0v) is 10.8. The predicted octanol–water partition coefficient (Wildman–Crippen LogP) is 1.99. The fraction of sp³-hybridized carbons (Fsp3) is 0.286. The second-order valence-corrected chi connectivity index (χ2v) is 4.42. The molecular formula is C14H16N2O4. The highest BCUT2D eigenvalue weighted by Gasteiger charge is 2.14. The molecule has 2 amide bonds. The molecule has 0 heterocycles. The molecule has 0 atom stereocenters. The van der Waals surface area contributed by atoms with Crippen LogP contribution in [0.3, 0.4) is 0 Å². The molecule has 0 aromatic heterocycles. The second kappa shape index (κ2) is 6.60. The molecule has 2 rings (SSSR count).